The van der Waals surface area contributed by atoms with Crippen molar-refractivity contribution in [2.45, 2.75) is 0 Å². The summed E-state index contributed by atoms with van der Waals surface area (Å²) in [4.78, 5) is 12.8. The van der Waals surface area contributed by atoms with E-state index in [1.165, 1.54) is 20.7 Å². The van der Waals surface area contributed by atoms with Gasteiger partial charge in [-0.3, -0.25) is 0 Å². The average Bonchev–Trinajstić information content (AvgIpc) is 2.62. The summed E-state index contributed by atoms with van der Waals surface area (Å²) in [5.74, 6) is 0. The predicted octanol–water partition coefficient (Wildman–Crippen LogP) is 2.90. The van der Waals surface area contributed by atoms with E-state index in [0.29, 0.717) is 0 Å². The van der Waals surface area contributed by atoms with Crippen LogP contribution in [0.2, 0.25) is 0 Å². The van der Waals surface area contributed by atoms with E-state index < -0.39 is 22.7 Å². The molecule has 22 heavy (non-hydrogen) atoms. The Morgan fingerprint density at radius 3 is 1.18 bits per heavy atom. The Labute approximate surface area is 139 Å². The molecule has 0 spiro atoms. The van der Waals surface area contributed by atoms with Crippen LogP contribution < -0.4 is 15.9 Å². The minimum absolute atomic E-state index is 0.761. The van der Waals surface area contributed by atoms with Crippen LogP contribution in [0.3, 0.4) is 0 Å². The third kappa shape index (κ3) is 2.83. The van der Waals surface area contributed by atoms with E-state index in [4.69, 9.17) is 0 Å². The van der Waals surface area contributed by atoms with Gasteiger partial charge in [-0.25, -0.2) is 0 Å². The van der Waals surface area contributed by atoms with Crippen LogP contribution in [0.4, 0.5) is 0 Å². The SMILES string of the molecule is O=[CH][Ir][PH](c1ccccc1)(c1ccccc1)c1ccccc1. The molecular weight excluding hydrogens is 467 g/mol. The van der Waals surface area contributed by atoms with Crippen molar-refractivity contribution in [3.05, 3.63) is 91.0 Å². The van der Waals surface area contributed by atoms with Crippen LogP contribution in [0.25, 0.3) is 0 Å². The summed E-state index contributed by atoms with van der Waals surface area (Å²) >= 11 is -0.761. The molecule has 0 heterocycles. The van der Waals surface area contributed by atoms with Gasteiger partial charge in [0.1, 0.15) is 0 Å². The molecule has 0 bridgehead atoms. The van der Waals surface area contributed by atoms with Gasteiger partial charge >= 0.3 is 139 Å². The van der Waals surface area contributed by atoms with Crippen LogP contribution in [-0.4, -0.2) is 4.80 Å². The average molecular weight is 485 g/mol. The van der Waals surface area contributed by atoms with Gasteiger partial charge in [0.25, 0.3) is 0 Å². The van der Waals surface area contributed by atoms with Gasteiger partial charge in [-0.05, 0) is 0 Å². The zero-order valence-electron chi connectivity index (χ0n) is 12.0. The fourth-order valence-electron chi connectivity index (χ4n) is 2.71. The molecule has 3 aromatic carbocycles. The Hall–Kier alpha value is -1.59. The first-order valence-corrected chi connectivity index (χ1v) is 13.9. The van der Waals surface area contributed by atoms with Crippen molar-refractivity contribution in [1.82, 2.24) is 0 Å². The van der Waals surface area contributed by atoms with Gasteiger partial charge in [0.05, 0.1) is 0 Å². The maximum atomic E-state index is 11.6. The van der Waals surface area contributed by atoms with E-state index in [1.54, 1.807) is 0 Å². The predicted molar refractivity (Wildman–Crippen MR) is 93.3 cm³/mol. The third-order valence-corrected chi connectivity index (χ3v) is 17.5. The van der Waals surface area contributed by atoms with Gasteiger partial charge < -0.3 is 0 Å². The molecule has 1 nitrogen and oxygen atoms in total. The van der Waals surface area contributed by atoms with Gasteiger partial charge in [-0.1, -0.05) is 0 Å². The molecule has 0 radical (unpaired) electrons. The number of carbonyl (C=O) groups excluding carboxylic acids is 1. The summed E-state index contributed by atoms with van der Waals surface area (Å²) in [6, 6.07) is 31.8. The quantitative estimate of drug-likeness (QED) is 0.402. The van der Waals surface area contributed by atoms with Crippen molar-refractivity contribution in [1.29, 1.82) is 0 Å². The monoisotopic (exact) mass is 485 g/mol. The van der Waals surface area contributed by atoms with Crippen LogP contribution >= 0.6 is 5.50 Å². The van der Waals surface area contributed by atoms with Gasteiger partial charge in [0, 0.05) is 0 Å². The van der Waals surface area contributed by atoms with E-state index in [-0.39, 0.29) is 0 Å². The molecular formula is C19H17IrOP. The van der Waals surface area contributed by atoms with Crippen molar-refractivity contribution in [3.8, 4) is 0 Å². The molecule has 0 saturated heterocycles. The van der Waals surface area contributed by atoms with Crippen molar-refractivity contribution < 1.29 is 22.0 Å². The molecule has 0 amide bonds. The Kier molecular flexibility index (Phi) is 4.95. The molecule has 0 aliphatic rings. The molecule has 0 aromatic heterocycles. The summed E-state index contributed by atoms with van der Waals surface area (Å²) in [7, 11) is 0. The summed E-state index contributed by atoms with van der Waals surface area (Å²) in [5, 5.41) is 4.00. The molecule has 0 atom stereocenters. The second-order valence-corrected chi connectivity index (χ2v) is 16.1. The molecule has 113 valence electrons. The third-order valence-electron chi connectivity index (χ3n) is 3.66. The Morgan fingerprint density at radius 2 is 0.909 bits per heavy atom. The molecule has 3 rings (SSSR count). The topological polar surface area (TPSA) is 17.1 Å². The van der Waals surface area contributed by atoms with E-state index in [1.807, 2.05) is 18.2 Å². The van der Waals surface area contributed by atoms with Crippen LogP contribution in [0.1, 0.15) is 0 Å². The molecule has 0 saturated carbocycles. The van der Waals surface area contributed by atoms with Crippen LogP contribution in [-0.2, 0) is 22.0 Å². The zero-order valence-corrected chi connectivity index (χ0v) is 15.4. The molecule has 0 N–H and O–H groups in total. The van der Waals surface area contributed by atoms with Crippen molar-refractivity contribution >= 4 is 26.2 Å². The number of hydrogen-bond donors (Lipinski definition) is 0. The first kappa shape index (κ1) is 15.3. The minimum atomic E-state index is -2.17. The van der Waals surface area contributed by atoms with E-state index in [0.717, 1.165) is 0 Å². The van der Waals surface area contributed by atoms with E-state index >= 15 is 0 Å². The van der Waals surface area contributed by atoms with E-state index in [9.17, 15) is 4.79 Å². The summed E-state index contributed by atoms with van der Waals surface area (Å²) in [5.41, 5.74) is -2.17. The number of hydrogen-bond acceptors (Lipinski definition) is 1. The number of carbonyl (C=O) groups is 1. The number of rotatable bonds is 5. The molecule has 0 aliphatic heterocycles. The second kappa shape index (κ2) is 7.11. The van der Waals surface area contributed by atoms with Crippen molar-refractivity contribution in [2.24, 2.45) is 0 Å². The zero-order chi connectivity index (χ0) is 15.3. The van der Waals surface area contributed by atoms with Gasteiger partial charge in [0.15, 0.2) is 0 Å². The molecule has 0 fully saturated rings. The second-order valence-electron chi connectivity index (χ2n) is 4.90. The van der Waals surface area contributed by atoms with Gasteiger partial charge in [-0.15, -0.1) is 0 Å². The molecule has 0 aliphatic carbocycles. The van der Waals surface area contributed by atoms with E-state index in [2.05, 4.69) is 72.8 Å². The first-order chi connectivity index (χ1) is 10.9. The first-order valence-electron chi connectivity index (χ1n) is 7.08. The Balaban J connectivity index is 2.31. The summed E-state index contributed by atoms with van der Waals surface area (Å²) in [6.07, 6.45) is 0. The van der Waals surface area contributed by atoms with Crippen LogP contribution in [0.5, 0.6) is 0 Å². The Bertz CT molecular complexity index is 632. The van der Waals surface area contributed by atoms with Crippen LogP contribution in [0.15, 0.2) is 91.0 Å². The standard InChI is InChI=1S/C18H15P.CHO.Ir/c1-4-10-16(11-5-1)19(17-12-6-2-7-13-17)18-14-8-3-9-15-18;1-2;/h1-15H;1H;/q;;-1/p+1. The van der Waals surface area contributed by atoms with Crippen molar-refractivity contribution in [3.63, 3.8) is 0 Å². The normalized spacial score (nSPS) is 12.0. The fourth-order valence-corrected chi connectivity index (χ4v) is 14.5. The number of benzene rings is 3. The van der Waals surface area contributed by atoms with Gasteiger partial charge in [0.2, 0.25) is 0 Å². The fraction of sp³-hybridized carbons (Fsp3) is 0. The maximum absolute atomic E-state index is 11.6. The van der Waals surface area contributed by atoms with Crippen LogP contribution in [0, 0.1) is 0 Å². The summed E-state index contributed by atoms with van der Waals surface area (Å²) < 4.78 is 0. The summed E-state index contributed by atoms with van der Waals surface area (Å²) in [6.45, 7) is 0. The molecule has 0 unspecified atom stereocenters. The molecule has 3 heteroatoms. The van der Waals surface area contributed by atoms with Crippen molar-refractivity contribution in [2.75, 3.05) is 0 Å². The molecule has 3 aromatic rings. The van der Waals surface area contributed by atoms with Gasteiger partial charge in [-0.2, -0.15) is 0 Å². The Morgan fingerprint density at radius 1 is 0.591 bits per heavy atom.